The molecule has 2 rings (SSSR count). The molecule has 5 heteroatoms. The van der Waals surface area contributed by atoms with Gasteiger partial charge >= 0.3 is 5.97 Å². The molecule has 1 fully saturated rings. The van der Waals surface area contributed by atoms with Gasteiger partial charge in [0.1, 0.15) is 0 Å². The molecule has 0 aliphatic carbocycles. The zero-order valence-electron chi connectivity index (χ0n) is 8.83. The summed E-state index contributed by atoms with van der Waals surface area (Å²) in [6.07, 6.45) is 2.09. The second-order valence-electron chi connectivity index (χ2n) is 4.24. The number of rotatable bonds is 3. The lowest BCUT2D eigenvalue weighted by Crippen LogP contribution is -2.43. The van der Waals surface area contributed by atoms with Gasteiger partial charge in [-0.1, -0.05) is 0 Å². The highest BCUT2D eigenvalue weighted by Crippen LogP contribution is 2.35. The third-order valence-corrected chi connectivity index (χ3v) is 4.85. The highest BCUT2D eigenvalue weighted by Gasteiger charge is 2.39. The fourth-order valence-electron chi connectivity index (χ4n) is 2.15. The first-order valence-electron chi connectivity index (χ1n) is 5.29. The minimum Gasteiger partial charge on any atom is -0.481 e. The molecule has 1 aliphatic heterocycles. The summed E-state index contributed by atoms with van der Waals surface area (Å²) in [6.45, 7) is 1.61. The standard InChI is InChI=1S/C11H14BrNO2S/c12-8-5-9(16-7-8)6-11(10(14)15)1-3-13-4-2-11/h5,7,13H,1-4,6H2,(H,14,15). The van der Waals surface area contributed by atoms with Gasteiger partial charge in [-0.25, -0.2) is 0 Å². The van der Waals surface area contributed by atoms with E-state index in [0.29, 0.717) is 6.42 Å². The van der Waals surface area contributed by atoms with Gasteiger partial charge in [-0.15, -0.1) is 11.3 Å². The van der Waals surface area contributed by atoms with Crippen LogP contribution < -0.4 is 5.32 Å². The van der Waals surface area contributed by atoms with Crippen molar-refractivity contribution in [1.82, 2.24) is 5.32 Å². The van der Waals surface area contributed by atoms with E-state index >= 15 is 0 Å². The van der Waals surface area contributed by atoms with Crippen molar-refractivity contribution in [3.63, 3.8) is 0 Å². The van der Waals surface area contributed by atoms with Gasteiger partial charge in [0.25, 0.3) is 0 Å². The molecule has 0 amide bonds. The van der Waals surface area contributed by atoms with Gasteiger partial charge in [-0.2, -0.15) is 0 Å². The summed E-state index contributed by atoms with van der Waals surface area (Å²) in [4.78, 5) is 12.6. The van der Waals surface area contributed by atoms with Crippen molar-refractivity contribution in [3.8, 4) is 0 Å². The van der Waals surface area contributed by atoms with Gasteiger partial charge in [0, 0.05) is 14.7 Å². The van der Waals surface area contributed by atoms with E-state index in [1.807, 2.05) is 11.4 Å². The fourth-order valence-corrected chi connectivity index (χ4v) is 3.75. The molecule has 1 aromatic rings. The van der Waals surface area contributed by atoms with Crippen LogP contribution in [0, 0.1) is 5.41 Å². The van der Waals surface area contributed by atoms with E-state index in [-0.39, 0.29) is 0 Å². The van der Waals surface area contributed by atoms with Crippen molar-refractivity contribution in [1.29, 1.82) is 0 Å². The summed E-state index contributed by atoms with van der Waals surface area (Å²) >= 11 is 5.03. The Morgan fingerprint density at radius 1 is 1.56 bits per heavy atom. The molecule has 0 spiro atoms. The monoisotopic (exact) mass is 303 g/mol. The van der Waals surface area contributed by atoms with Gasteiger partial charge in [-0.3, -0.25) is 4.79 Å². The van der Waals surface area contributed by atoms with E-state index in [1.165, 1.54) is 0 Å². The van der Waals surface area contributed by atoms with E-state index in [4.69, 9.17) is 0 Å². The number of thiophene rings is 1. The van der Waals surface area contributed by atoms with Crippen LogP contribution in [0.1, 0.15) is 17.7 Å². The van der Waals surface area contributed by atoms with Gasteiger partial charge in [0.05, 0.1) is 5.41 Å². The molecule has 1 aliphatic rings. The van der Waals surface area contributed by atoms with Crippen LogP contribution in [0.2, 0.25) is 0 Å². The maximum atomic E-state index is 11.5. The Bertz CT molecular complexity index is 385. The molecule has 0 radical (unpaired) electrons. The van der Waals surface area contributed by atoms with Crippen molar-refractivity contribution in [2.45, 2.75) is 19.3 Å². The van der Waals surface area contributed by atoms with Gasteiger partial charge in [0.15, 0.2) is 0 Å². The Kier molecular flexibility index (Phi) is 3.66. The summed E-state index contributed by atoms with van der Waals surface area (Å²) in [5.41, 5.74) is -0.560. The minimum atomic E-state index is -0.654. The molecule has 0 saturated carbocycles. The lowest BCUT2D eigenvalue weighted by atomic mass is 9.76. The molecule has 0 bridgehead atoms. The van der Waals surface area contributed by atoms with Crippen LogP contribution in [0.4, 0.5) is 0 Å². The first-order valence-corrected chi connectivity index (χ1v) is 6.97. The van der Waals surface area contributed by atoms with Crippen LogP contribution in [-0.4, -0.2) is 24.2 Å². The number of hydrogen-bond acceptors (Lipinski definition) is 3. The summed E-state index contributed by atoms with van der Waals surface area (Å²) in [6, 6.07) is 2.03. The third kappa shape index (κ3) is 2.47. The zero-order chi connectivity index (χ0) is 11.6. The van der Waals surface area contributed by atoms with Crippen molar-refractivity contribution >= 4 is 33.2 Å². The predicted octanol–water partition coefficient (Wildman–Crippen LogP) is 2.51. The molecule has 88 valence electrons. The summed E-state index contributed by atoms with van der Waals surface area (Å²) in [7, 11) is 0. The maximum absolute atomic E-state index is 11.5. The summed E-state index contributed by atoms with van der Waals surface area (Å²) in [5, 5.41) is 14.6. The SMILES string of the molecule is O=C(O)C1(Cc2cc(Br)cs2)CCNCC1. The zero-order valence-corrected chi connectivity index (χ0v) is 11.2. The molecule has 0 atom stereocenters. The highest BCUT2D eigenvalue weighted by atomic mass is 79.9. The number of carbonyl (C=O) groups is 1. The van der Waals surface area contributed by atoms with Crippen LogP contribution >= 0.6 is 27.3 Å². The number of aliphatic carboxylic acids is 1. The van der Waals surface area contributed by atoms with Gasteiger partial charge in [0.2, 0.25) is 0 Å². The second kappa shape index (κ2) is 4.85. The van der Waals surface area contributed by atoms with E-state index in [2.05, 4.69) is 21.2 Å². The van der Waals surface area contributed by atoms with Crippen molar-refractivity contribution in [3.05, 3.63) is 20.8 Å². The van der Waals surface area contributed by atoms with Crippen LogP contribution in [-0.2, 0) is 11.2 Å². The van der Waals surface area contributed by atoms with E-state index in [1.54, 1.807) is 11.3 Å². The molecule has 0 aromatic carbocycles. The summed E-state index contributed by atoms with van der Waals surface area (Å²) in [5.74, 6) is -0.654. The van der Waals surface area contributed by atoms with Crippen LogP contribution in [0.15, 0.2) is 15.9 Å². The quantitative estimate of drug-likeness (QED) is 0.902. The lowest BCUT2D eigenvalue weighted by molar-refractivity contribution is -0.150. The van der Waals surface area contributed by atoms with Crippen molar-refractivity contribution in [2.24, 2.45) is 5.41 Å². The average molecular weight is 304 g/mol. The summed E-state index contributed by atoms with van der Waals surface area (Å²) < 4.78 is 1.04. The molecule has 16 heavy (non-hydrogen) atoms. The fraction of sp³-hybridized carbons (Fsp3) is 0.545. The Labute approximate surface area is 107 Å². The Balaban J connectivity index is 2.16. The molecular weight excluding hydrogens is 290 g/mol. The van der Waals surface area contributed by atoms with E-state index < -0.39 is 11.4 Å². The number of nitrogens with one attached hydrogen (secondary N) is 1. The number of carboxylic acid groups (broad SMARTS) is 1. The number of hydrogen-bond donors (Lipinski definition) is 2. The first kappa shape index (κ1) is 12.1. The van der Waals surface area contributed by atoms with E-state index in [9.17, 15) is 9.90 Å². The Morgan fingerprint density at radius 3 is 2.75 bits per heavy atom. The second-order valence-corrected chi connectivity index (χ2v) is 6.15. The topological polar surface area (TPSA) is 49.3 Å². The third-order valence-electron chi connectivity index (χ3n) is 3.15. The number of carboxylic acids is 1. The van der Waals surface area contributed by atoms with Crippen molar-refractivity contribution in [2.75, 3.05) is 13.1 Å². The van der Waals surface area contributed by atoms with Crippen LogP contribution in [0.5, 0.6) is 0 Å². The molecule has 2 heterocycles. The molecule has 2 N–H and O–H groups in total. The Hall–Kier alpha value is -0.390. The first-order chi connectivity index (χ1) is 7.62. The molecular formula is C11H14BrNO2S. The smallest absolute Gasteiger partial charge is 0.310 e. The Morgan fingerprint density at radius 2 is 2.25 bits per heavy atom. The van der Waals surface area contributed by atoms with Crippen molar-refractivity contribution < 1.29 is 9.90 Å². The predicted molar refractivity (Wildman–Crippen MR) is 67.9 cm³/mol. The molecule has 3 nitrogen and oxygen atoms in total. The molecule has 1 aromatic heterocycles. The van der Waals surface area contributed by atoms with Gasteiger partial charge < -0.3 is 10.4 Å². The normalized spacial score (nSPS) is 19.6. The molecule has 1 saturated heterocycles. The lowest BCUT2D eigenvalue weighted by Gasteiger charge is -2.33. The van der Waals surface area contributed by atoms with Gasteiger partial charge in [-0.05, 0) is 54.3 Å². The number of piperidine rings is 1. The minimum absolute atomic E-state index is 0.560. The van der Waals surface area contributed by atoms with Crippen LogP contribution in [0.3, 0.4) is 0 Å². The molecule has 0 unspecified atom stereocenters. The average Bonchev–Trinajstić information content (AvgIpc) is 2.65. The maximum Gasteiger partial charge on any atom is 0.310 e. The largest absolute Gasteiger partial charge is 0.481 e. The number of halogens is 1. The highest BCUT2D eigenvalue weighted by molar-refractivity contribution is 9.10. The van der Waals surface area contributed by atoms with Crippen LogP contribution in [0.25, 0.3) is 0 Å². The van der Waals surface area contributed by atoms with E-state index in [0.717, 1.165) is 35.3 Å².